The molecule has 0 aromatic heterocycles. The molecule has 1 aliphatic heterocycles. The summed E-state index contributed by atoms with van der Waals surface area (Å²) in [5.41, 5.74) is 0. The Hall–Kier alpha value is -1.07. The van der Waals surface area contributed by atoms with Crippen molar-refractivity contribution in [2.24, 2.45) is 0 Å². The summed E-state index contributed by atoms with van der Waals surface area (Å²) in [6.45, 7) is 3.80. The van der Waals surface area contributed by atoms with Crippen LogP contribution in [0.3, 0.4) is 0 Å². The Balaban J connectivity index is 2.25. The molecule has 356 valence electrons. The Morgan fingerprint density at radius 2 is 0.917 bits per heavy atom. The van der Waals surface area contributed by atoms with Gasteiger partial charge >= 0.3 is 0 Å². The Morgan fingerprint density at radius 3 is 1.30 bits per heavy atom. The number of hydrogen-bond acceptors (Lipinski definition) is 8. The second kappa shape index (κ2) is 41.9. The normalized spacial score (nSPS) is 20.6. The van der Waals surface area contributed by atoms with Crippen molar-refractivity contribution in [2.45, 2.75) is 294 Å². The Morgan fingerprint density at radius 1 is 0.550 bits per heavy atom. The van der Waals surface area contributed by atoms with E-state index in [1.165, 1.54) is 193 Å². The first kappa shape index (κ1) is 56.9. The number of nitrogens with one attached hydrogen (secondary N) is 1. The van der Waals surface area contributed by atoms with Crippen LogP contribution >= 0.6 is 0 Å². The predicted molar refractivity (Wildman–Crippen MR) is 249 cm³/mol. The van der Waals surface area contributed by atoms with Crippen LogP contribution in [0.25, 0.3) is 0 Å². The predicted octanol–water partition coefficient (Wildman–Crippen LogP) is 11.7. The molecule has 7 unspecified atom stereocenters. The van der Waals surface area contributed by atoms with E-state index in [1.54, 1.807) is 6.08 Å². The standard InChI is InChI=1S/C51H99NO8/c1-3-5-7-9-11-13-15-17-18-19-20-21-22-23-24-25-26-27-29-30-32-34-36-38-40-45(54)44(43-59-51-50(58)49(57)48(56)46(42-53)60-51)52-47(55)41-39-37-35-33-31-28-16-14-12-10-8-6-4-2/h38,40,44-46,48-51,53-54,56-58H,3-37,39,41-43H2,1-2H3,(H,52,55)/b40-38+. The zero-order valence-corrected chi connectivity index (χ0v) is 39.2. The van der Waals surface area contributed by atoms with Crippen LogP contribution in [0.15, 0.2) is 12.2 Å². The molecule has 1 heterocycles. The Labute approximate surface area is 369 Å². The van der Waals surface area contributed by atoms with E-state index in [1.807, 2.05) is 6.08 Å². The monoisotopic (exact) mass is 854 g/mol. The highest BCUT2D eigenvalue weighted by Crippen LogP contribution is 2.23. The molecule has 1 saturated heterocycles. The fraction of sp³-hybridized carbons (Fsp3) is 0.941. The van der Waals surface area contributed by atoms with Crippen LogP contribution < -0.4 is 5.32 Å². The number of aliphatic hydroxyl groups excluding tert-OH is 5. The van der Waals surface area contributed by atoms with E-state index in [-0.39, 0.29) is 12.5 Å². The number of rotatable bonds is 44. The zero-order chi connectivity index (χ0) is 43.7. The number of unbranched alkanes of at least 4 members (excludes halogenated alkanes) is 34. The minimum Gasteiger partial charge on any atom is -0.394 e. The first-order chi connectivity index (χ1) is 29.3. The molecule has 60 heavy (non-hydrogen) atoms. The van der Waals surface area contributed by atoms with Crippen molar-refractivity contribution < 1.29 is 39.8 Å². The van der Waals surface area contributed by atoms with Crippen LogP contribution in [0.4, 0.5) is 0 Å². The molecule has 0 aromatic rings. The highest BCUT2D eigenvalue weighted by Gasteiger charge is 2.44. The lowest BCUT2D eigenvalue weighted by Crippen LogP contribution is -2.60. The van der Waals surface area contributed by atoms with Gasteiger partial charge in [0.1, 0.15) is 24.4 Å². The lowest BCUT2D eigenvalue weighted by Gasteiger charge is -2.40. The van der Waals surface area contributed by atoms with Crippen molar-refractivity contribution >= 4 is 5.91 Å². The summed E-state index contributed by atoms with van der Waals surface area (Å²) in [7, 11) is 0. The van der Waals surface area contributed by atoms with Gasteiger partial charge in [-0.2, -0.15) is 0 Å². The molecular weight excluding hydrogens is 755 g/mol. The molecule has 6 N–H and O–H groups in total. The van der Waals surface area contributed by atoms with Gasteiger partial charge in [0.2, 0.25) is 5.91 Å². The maximum absolute atomic E-state index is 13.0. The van der Waals surface area contributed by atoms with Crippen molar-refractivity contribution in [1.29, 1.82) is 0 Å². The zero-order valence-electron chi connectivity index (χ0n) is 39.2. The van der Waals surface area contributed by atoms with E-state index in [0.717, 1.165) is 38.5 Å². The first-order valence-corrected chi connectivity index (χ1v) is 25.9. The largest absolute Gasteiger partial charge is 0.394 e. The van der Waals surface area contributed by atoms with Gasteiger partial charge in [-0.15, -0.1) is 0 Å². The maximum atomic E-state index is 13.0. The number of hydrogen-bond donors (Lipinski definition) is 6. The second-order valence-corrected chi connectivity index (χ2v) is 18.3. The molecule has 1 rings (SSSR count). The number of carbonyl (C=O) groups is 1. The molecule has 1 aliphatic rings. The van der Waals surface area contributed by atoms with Crippen molar-refractivity contribution in [3.63, 3.8) is 0 Å². The highest BCUT2D eigenvalue weighted by atomic mass is 16.7. The minimum atomic E-state index is -1.56. The molecule has 1 fully saturated rings. The fourth-order valence-electron chi connectivity index (χ4n) is 8.45. The third kappa shape index (κ3) is 31.7. The molecule has 9 heteroatoms. The fourth-order valence-corrected chi connectivity index (χ4v) is 8.45. The van der Waals surface area contributed by atoms with E-state index in [2.05, 4.69) is 19.2 Å². The Kier molecular flexibility index (Phi) is 39.8. The van der Waals surface area contributed by atoms with Gasteiger partial charge < -0.3 is 40.3 Å². The van der Waals surface area contributed by atoms with Gasteiger partial charge in [-0.1, -0.05) is 238 Å². The van der Waals surface area contributed by atoms with Gasteiger partial charge in [0.15, 0.2) is 6.29 Å². The highest BCUT2D eigenvalue weighted by molar-refractivity contribution is 5.76. The number of allylic oxidation sites excluding steroid dienone is 1. The van der Waals surface area contributed by atoms with Crippen LogP contribution in [0.1, 0.15) is 251 Å². The first-order valence-electron chi connectivity index (χ1n) is 25.9. The summed E-state index contributed by atoms with van der Waals surface area (Å²) in [6, 6.07) is -0.798. The SMILES string of the molecule is CCCCCCCCCCCCCCCCCCCCCCCC/C=C/C(O)C(COC1OC(CO)C(O)C(O)C1O)NC(=O)CCCCCCCCCCCCCCC. The van der Waals surface area contributed by atoms with Gasteiger partial charge in [-0.05, 0) is 19.3 Å². The second-order valence-electron chi connectivity index (χ2n) is 18.3. The molecular formula is C51H99NO8. The van der Waals surface area contributed by atoms with Gasteiger partial charge in [0.25, 0.3) is 0 Å². The topological polar surface area (TPSA) is 149 Å². The van der Waals surface area contributed by atoms with Gasteiger partial charge in [-0.3, -0.25) is 4.79 Å². The number of aliphatic hydroxyl groups is 5. The van der Waals surface area contributed by atoms with Crippen molar-refractivity contribution in [2.75, 3.05) is 13.2 Å². The minimum absolute atomic E-state index is 0.174. The van der Waals surface area contributed by atoms with E-state index in [9.17, 15) is 30.3 Å². The molecule has 0 radical (unpaired) electrons. The smallest absolute Gasteiger partial charge is 0.220 e. The van der Waals surface area contributed by atoms with Crippen LogP contribution in [0, 0.1) is 0 Å². The number of carbonyl (C=O) groups excluding carboxylic acids is 1. The van der Waals surface area contributed by atoms with Gasteiger partial charge in [0, 0.05) is 6.42 Å². The summed E-state index contributed by atoms with van der Waals surface area (Å²) in [4.78, 5) is 13.0. The quantitative estimate of drug-likeness (QED) is 0.0262. The van der Waals surface area contributed by atoms with Crippen molar-refractivity contribution in [3.8, 4) is 0 Å². The average molecular weight is 854 g/mol. The lowest BCUT2D eigenvalue weighted by atomic mass is 9.99. The van der Waals surface area contributed by atoms with E-state index in [0.29, 0.717) is 6.42 Å². The molecule has 7 atom stereocenters. The summed E-state index contributed by atoms with van der Waals surface area (Å²) in [5.74, 6) is -0.174. The summed E-state index contributed by atoms with van der Waals surface area (Å²) >= 11 is 0. The van der Waals surface area contributed by atoms with E-state index < -0.39 is 49.5 Å². The van der Waals surface area contributed by atoms with Gasteiger partial charge in [0.05, 0.1) is 25.4 Å². The molecule has 0 aliphatic carbocycles. The molecule has 0 saturated carbocycles. The molecule has 0 aromatic carbocycles. The average Bonchev–Trinajstić information content (AvgIpc) is 3.25. The van der Waals surface area contributed by atoms with E-state index >= 15 is 0 Å². The van der Waals surface area contributed by atoms with Crippen LogP contribution in [-0.4, -0.2) is 87.5 Å². The molecule has 0 spiro atoms. The van der Waals surface area contributed by atoms with Crippen LogP contribution in [-0.2, 0) is 14.3 Å². The summed E-state index contributed by atoms with van der Waals surface area (Å²) in [6.07, 6.45) is 42.7. The third-order valence-electron chi connectivity index (χ3n) is 12.6. The lowest BCUT2D eigenvalue weighted by molar-refractivity contribution is -0.302. The number of amides is 1. The molecule has 9 nitrogen and oxygen atoms in total. The summed E-state index contributed by atoms with van der Waals surface area (Å²) in [5, 5.41) is 54.3. The summed E-state index contributed by atoms with van der Waals surface area (Å²) < 4.78 is 11.2. The van der Waals surface area contributed by atoms with Crippen molar-refractivity contribution in [3.05, 3.63) is 12.2 Å². The number of ether oxygens (including phenoxy) is 2. The maximum Gasteiger partial charge on any atom is 0.220 e. The van der Waals surface area contributed by atoms with Crippen LogP contribution in [0.2, 0.25) is 0 Å². The van der Waals surface area contributed by atoms with E-state index in [4.69, 9.17) is 9.47 Å². The van der Waals surface area contributed by atoms with Crippen molar-refractivity contribution in [1.82, 2.24) is 5.32 Å². The van der Waals surface area contributed by atoms with Crippen LogP contribution in [0.5, 0.6) is 0 Å². The Bertz CT molecular complexity index is 950. The van der Waals surface area contributed by atoms with Gasteiger partial charge in [-0.25, -0.2) is 0 Å². The molecule has 0 bridgehead atoms. The molecule has 1 amide bonds. The third-order valence-corrected chi connectivity index (χ3v) is 12.6.